The first-order chi connectivity index (χ1) is 24.8. The highest BCUT2D eigenvalue weighted by molar-refractivity contribution is 5.95. The predicted octanol–water partition coefficient (Wildman–Crippen LogP) is 6.45. The summed E-state index contributed by atoms with van der Waals surface area (Å²) in [5, 5.41) is 20.4. The molecule has 280 valence electrons. The van der Waals surface area contributed by atoms with E-state index in [0.29, 0.717) is 35.1 Å². The molecule has 5 aromatic rings. The second-order valence-electron chi connectivity index (χ2n) is 11.8. The van der Waals surface area contributed by atoms with E-state index < -0.39 is 48.1 Å². The predicted molar refractivity (Wildman–Crippen MR) is 169 cm³/mol. The number of anilines is 1. The molecular formula is C32H27F8N9O4. The van der Waals surface area contributed by atoms with E-state index in [9.17, 15) is 44.7 Å². The quantitative estimate of drug-likeness (QED) is 0.196. The number of carbonyl (C=O) groups is 2. The lowest BCUT2D eigenvalue weighted by molar-refractivity contribution is -0.192. The molecule has 0 saturated carbocycles. The van der Waals surface area contributed by atoms with Gasteiger partial charge in [0.2, 0.25) is 5.91 Å². The summed E-state index contributed by atoms with van der Waals surface area (Å²) in [6.07, 6.45) is -3.71. The third-order valence-corrected chi connectivity index (χ3v) is 8.08. The van der Waals surface area contributed by atoms with Crippen molar-refractivity contribution in [3.8, 4) is 28.3 Å². The van der Waals surface area contributed by atoms with Gasteiger partial charge in [-0.1, -0.05) is 30.2 Å². The van der Waals surface area contributed by atoms with E-state index in [0.717, 1.165) is 22.6 Å². The maximum absolute atomic E-state index is 13.9. The zero-order valence-corrected chi connectivity index (χ0v) is 27.4. The molecule has 13 nitrogen and oxygen atoms in total. The minimum Gasteiger partial charge on any atom is -0.475 e. The average Bonchev–Trinajstić information content (AvgIpc) is 3.75. The number of fused-ring (bicyclic) bond motifs is 4. The Hall–Kier alpha value is -6.02. The fraction of sp³-hybridized carbons (Fsp3) is 0.312. The molecule has 4 aromatic heterocycles. The third-order valence-electron chi connectivity index (χ3n) is 8.08. The van der Waals surface area contributed by atoms with Gasteiger partial charge in [0.15, 0.2) is 5.69 Å². The number of pyridine rings is 1. The van der Waals surface area contributed by atoms with Crippen LogP contribution in [0.1, 0.15) is 55.6 Å². The van der Waals surface area contributed by atoms with Gasteiger partial charge in [-0.25, -0.2) is 14.5 Å². The van der Waals surface area contributed by atoms with E-state index >= 15 is 0 Å². The zero-order valence-electron chi connectivity index (χ0n) is 27.4. The number of rotatable bonds is 4. The molecule has 1 amide bonds. The van der Waals surface area contributed by atoms with Crippen molar-refractivity contribution in [2.24, 2.45) is 5.92 Å². The lowest BCUT2D eigenvalue weighted by atomic mass is 9.95. The van der Waals surface area contributed by atoms with Gasteiger partial charge < -0.3 is 10.4 Å². The molecule has 0 aliphatic carbocycles. The minimum absolute atomic E-state index is 0.0775. The Morgan fingerprint density at radius 2 is 1.72 bits per heavy atom. The van der Waals surface area contributed by atoms with Gasteiger partial charge in [-0.2, -0.15) is 44.9 Å². The molecule has 2 N–H and O–H groups in total. The van der Waals surface area contributed by atoms with Crippen molar-refractivity contribution in [1.29, 1.82) is 0 Å². The molecule has 1 aliphatic rings. The average molecular weight is 754 g/mol. The number of hydrogen-bond acceptors (Lipinski definition) is 8. The Kier molecular flexibility index (Phi) is 10.8. The molecule has 0 fully saturated rings. The van der Waals surface area contributed by atoms with E-state index in [2.05, 4.69) is 30.7 Å². The SMILES string of the molecule is Cc1ccc(-n2cc(C(F)(F)F)nn2)c(-c2cc(=O)n([C@H]3CCC[C@@H](C)C(=O)Nc4cnn(C(F)F)c4-c4cc3ccn4)cn2)c1.O=C(O)C(F)(F)F. The molecule has 0 unspecified atom stereocenters. The smallest absolute Gasteiger partial charge is 0.475 e. The highest BCUT2D eigenvalue weighted by Crippen LogP contribution is 2.35. The van der Waals surface area contributed by atoms with Gasteiger partial charge in [-0.3, -0.25) is 19.1 Å². The number of hydrogen-bond donors (Lipinski definition) is 2. The molecule has 0 radical (unpaired) electrons. The maximum atomic E-state index is 13.9. The highest BCUT2D eigenvalue weighted by atomic mass is 19.4. The highest BCUT2D eigenvalue weighted by Gasteiger charge is 2.38. The molecule has 53 heavy (non-hydrogen) atoms. The molecule has 2 atom stereocenters. The monoisotopic (exact) mass is 753 g/mol. The number of amides is 1. The normalized spacial score (nSPS) is 16.5. The molecule has 6 rings (SSSR count). The molecule has 2 bridgehead atoms. The molecular weight excluding hydrogens is 726 g/mol. The molecule has 21 heteroatoms. The van der Waals surface area contributed by atoms with Crippen LogP contribution in [0.3, 0.4) is 0 Å². The zero-order chi connectivity index (χ0) is 38.8. The van der Waals surface area contributed by atoms with Crippen molar-refractivity contribution >= 4 is 17.6 Å². The van der Waals surface area contributed by atoms with Crippen molar-refractivity contribution in [1.82, 2.24) is 39.3 Å². The number of carbonyl (C=O) groups excluding carboxylic acids is 1. The van der Waals surface area contributed by atoms with Gasteiger partial charge in [0.25, 0.3) is 5.56 Å². The number of nitrogens with zero attached hydrogens (tertiary/aromatic N) is 8. The number of alkyl halides is 8. The maximum Gasteiger partial charge on any atom is 0.490 e. The number of carboxylic acid groups (broad SMARTS) is 1. The largest absolute Gasteiger partial charge is 0.490 e. The van der Waals surface area contributed by atoms with Crippen LogP contribution in [0.4, 0.5) is 40.8 Å². The second-order valence-corrected chi connectivity index (χ2v) is 11.8. The number of aryl methyl sites for hydroxylation is 1. The van der Waals surface area contributed by atoms with Crippen molar-refractivity contribution < 1.29 is 49.8 Å². The minimum atomic E-state index is -5.08. The number of carboxylic acids is 1. The summed E-state index contributed by atoms with van der Waals surface area (Å²) < 4.78 is 102. The number of benzene rings is 1. The van der Waals surface area contributed by atoms with Crippen LogP contribution in [0.2, 0.25) is 0 Å². The summed E-state index contributed by atoms with van der Waals surface area (Å²) in [6.45, 7) is 0.505. The van der Waals surface area contributed by atoms with Gasteiger partial charge >= 0.3 is 24.9 Å². The van der Waals surface area contributed by atoms with Gasteiger partial charge in [0, 0.05) is 23.7 Å². The van der Waals surface area contributed by atoms with Gasteiger partial charge in [-0.05, 0) is 49.6 Å². The van der Waals surface area contributed by atoms with E-state index in [1.165, 1.54) is 23.2 Å². The van der Waals surface area contributed by atoms with Crippen LogP contribution in [-0.2, 0) is 15.8 Å². The van der Waals surface area contributed by atoms with Crippen LogP contribution in [-0.4, -0.2) is 62.5 Å². The van der Waals surface area contributed by atoms with Crippen LogP contribution in [0.25, 0.3) is 28.3 Å². The number of nitrogens with one attached hydrogen (secondary N) is 1. The second kappa shape index (κ2) is 14.9. The summed E-state index contributed by atoms with van der Waals surface area (Å²) in [4.78, 5) is 44.3. The van der Waals surface area contributed by atoms with Crippen molar-refractivity contribution in [2.75, 3.05) is 5.32 Å². The molecule has 0 saturated heterocycles. The number of halogens is 8. The number of aromatic nitrogens is 8. The molecule has 1 aromatic carbocycles. The van der Waals surface area contributed by atoms with Crippen LogP contribution in [0.5, 0.6) is 0 Å². The first-order valence-corrected chi connectivity index (χ1v) is 15.5. The first-order valence-electron chi connectivity index (χ1n) is 15.5. The van der Waals surface area contributed by atoms with Crippen LogP contribution in [0, 0.1) is 12.8 Å². The van der Waals surface area contributed by atoms with E-state index in [1.807, 2.05) is 0 Å². The Bertz CT molecular complexity index is 2190. The van der Waals surface area contributed by atoms with Gasteiger partial charge in [0.05, 0.1) is 47.5 Å². The van der Waals surface area contributed by atoms with E-state index in [-0.39, 0.29) is 34.4 Å². The Labute approximate surface area is 292 Å². The molecule has 5 heterocycles. The standard InChI is InChI=1S/C30H26F5N9O2.C2HF3O2/c1-16-6-7-24(43-14-25(40-41-43)30(33,34)35)19(10-16)20-12-26(45)42(15-37-20)23-5-3-4-17(2)28(46)39-22-13-38-44(29(31)32)27(22)21-11-18(23)8-9-36-21;3-2(4,5)1(6)7/h6-15,17,23,29H,3-5H2,1-2H3,(H,39,46);(H,6,7)/t17-,23+;/m1./s1. The van der Waals surface area contributed by atoms with Gasteiger partial charge in [0.1, 0.15) is 5.69 Å². The van der Waals surface area contributed by atoms with Crippen molar-refractivity contribution in [3.05, 3.63) is 88.5 Å². The Balaban J connectivity index is 0.000000705. The topological polar surface area (TPSA) is 163 Å². The lowest BCUT2D eigenvalue weighted by Gasteiger charge is -2.23. The van der Waals surface area contributed by atoms with Crippen LogP contribution < -0.4 is 10.9 Å². The van der Waals surface area contributed by atoms with Crippen molar-refractivity contribution in [3.63, 3.8) is 0 Å². The summed E-state index contributed by atoms with van der Waals surface area (Å²) >= 11 is 0. The summed E-state index contributed by atoms with van der Waals surface area (Å²) in [5.41, 5.74) is 0.654. The number of aliphatic carboxylic acids is 1. The van der Waals surface area contributed by atoms with E-state index in [4.69, 9.17) is 9.90 Å². The fourth-order valence-corrected chi connectivity index (χ4v) is 5.47. The Morgan fingerprint density at radius 3 is 2.34 bits per heavy atom. The summed E-state index contributed by atoms with van der Waals surface area (Å²) in [6, 6.07) is 8.84. The van der Waals surface area contributed by atoms with Crippen LogP contribution >= 0.6 is 0 Å². The molecule has 1 aliphatic heterocycles. The summed E-state index contributed by atoms with van der Waals surface area (Å²) in [5.74, 6) is -3.59. The Morgan fingerprint density at radius 1 is 1.00 bits per heavy atom. The first kappa shape index (κ1) is 38.2. The van der Waals surface area contributed by atoms with Crippen molar-refractivity contribution in [2.45, 2.75) is 58.1 Å². The van der Waals surface area contributed by atoms with Crippen LogP contribution in [0.15, 0.2) is 66.1 Å². The molecule has 0 spiro atoms. The fourth-order valence-electron chi connectivity index (χ4n) is 5.47. The summed E-state index contributed by atoms with van der Waals surface area (Å²) in [7, 11) is 0. The third kappa shape index (κ3) is 8.55. The van der Waals surface area contributed by atoms with E-state index in [1.54, 1.807) is 44.2 Å². The lowest BCUT2D eigenvalue weighted by Crippen LogP contribution is -2.26. The van der Waals surface area contributed by atoms with Gasteiger partial charge in [-0.15, -0.1) is 5.10 Å².